The molecule has 1 rings (SSSR count). The zero-order chi connectivity index (χ0) is 9.84. The van der Waals surface area contributed by atoms with Gasteiger partial charge in [-0.05, 0) is 28.1 Å². The number of nitriles is 1. The van der Waals surface area contributed by atoms with Gasteiger partial charge in [-0.15, -0.1) is 0 Å². The Labute approximate surface area is 81.9 Å². The van der Waals surface area contributed by atoms with Crippen molar-refractivity contribution in [2.45, 2.75) is 6.61 Å². The number of ether oxygens (including phenoxy) is 1. The molecule has 0 amide bonds. The molecule has 5 heteroatoms. The van der Waals surface area contributed by atoms with E-state index >= 15 is 0 Å². The van der Waals surface area contributed by atoms with Crippen LogP contribution in [-0.2, 0) is 0 Å². The predicted molar refractivity (Wildman–Crippen MR) is 45.5 cm³/mol. The Bertz CT molecular complexity index is 348. The molecule has 1 aromatic rings. The molecule has 0 aromatic heterocycles. The molecular weight excluding hydrogens is 244 g/mol. The quantitative estimate of drug-likeness (QED) is 0.806. The largest absolute Gasteiger partial charge is 0.432 e. The molecule has 13 heavy (non-hydrogen) atoms. The Kier molecular flexibility index (Phi) is 3.20. The first-order chi connectivity index (χ1) is 6.15. The lowest BCUT2D eigenvalue weighted by atomic mass is 10.2. The summed E-state index contributed by atoms with van der Waals surface area (Å²) >= 11 is 3.01. The molecular formula is C8H4BrF2NO. The van der Waals surface area contributed by atoms with E-state index < -0.39 is 6.61 Å². The van der Waals surface area contributed by atoms with Gasteiger partial charge in [0.2, 0.25) is 0 Å². The zero-order valence-electron chi connectivity index (χ0n) is 6.30. The van der Waals surface area contributed by atoms with Crippen molar-refractivity contribution in [1.29, 1.82) is 5.26 Å². The number of halogens is 3. The highest BCUT2D eigenvalue weighted by atomic mass is 79.9. The average Bonchev–Trinajstić information content (AvgIpc) is 2.08. The normalized spacial score (nSPS) is 9.77. The lowest BCUT2D eigenvalue weighted by Gasteiger charge is -2.07. The third-order valence-corrected chi connectivity index (χ3v) is 1.92. The summed E-state index contributed by atoms with van der Waals surface area (Å²) < 4.78 is 28.2. The summed E-state index contributed by atoms with van der Waals surface area (Å²) in [5.74, 6) is -0.125. The lowest BCUT2D eigenvalue weighted by molar-refractivity contribution is -0.0505. The molecule has 0 saturated heterocycles. The molecule has 0 aliphatic heterocycles. The van der Waals surface area contributed by atoms with Crippen LogP contribution in [0.2, 0.25) is 0 Å². The molecule has 0 aliphatic carbocycles. The smallest absolute Gasteiger partial charge is 0.387 e. The van der Waals surface area contributed by atoms with E-state index in [-0.39, 0.29) is 11.3 Å². The molecule has 0 aliphatic rings. The minimum atomic E-state index is -2.93. The van der Waals surface area contributed by atoms with E-state index in [1.54, 1.807) is 12.1 Å². The first kappa shape index (κ1) is 9.93. The average molecular weight is 248 g/mol. The van der Waals surface area contributed by atoms with Gasteiger partial charge in [-0.1, -0.05) is 6.07 Å². The van der Waals surface area contributed by atoms with E-state index in [0.29, 0.717) is 4.47 Å². The van der Waals surface area contributed by atoms with Crippen molar-refractivity contribution in [3.8, 4) is 11.8 Å². The molecule has 1 aromatic carbocycles. The third-order valence-electron chi connectivity index (χ3n) is 1.29. The van der Waals surface area contributed by atoms with Gasteiger partial charge in [0, 0.05) is 0 Å². The van der Waals surface area contributed by atoms with Crippen LogP contribution in [0.1, 0.15) is 5.56 Å². The summed E-state index contributed by atoms with van der Waals surface area (Å²) in [7, 11) is 0. The summed E-state index contributed by atoms with van der Waals surface area (Å²) in [6, 6.07) is 6.26. The van der Waals surface area contributed by atoms with Gasteiger partial charge in [0.05, 0.1) is 10.0 Å². The van der Waals surface area contributed by atoms with E-state index in [0.717, 1.165) is 0 Å². The molecule has 0 unspecified atom stereocenters. The van der Waals surface area contributed by atoms with Gasteiger partial charge in [0.25, 0.3) is 0 Å². The van der Waals surface area contributed by atoms with Gasteiger partial charge in [-0.3, -0.25) is 0 Å². The van der Waals surface area contributed by atoms with Crippen LogP contribution in [0.3, 0.4) is 0 Å². The maximum Gasteiger partial charge on any atom is 0.387 e. The van der Waals surface area contributed by atoms with Crippen molar-refractivity contribution in [3.05, 3.63) is 28.2 Å². The maximum atomic E-state index is 11.9. The summed E-state index contributed by atoms with van der Waals surface area (Å²) in [6.45, 7) is -2.93. The fourth-order valence-electron chi connectivity index (χ4n) is 0.806. The first-order valence-corrected chi connectivity index (χ1v) is 4.08. The molecule has 0 atom stereocenters. The van der Waals surface area contributed by atoms with Crippen LogP contribution in [0, 0.1) is 11.3 Å². The van der Waals surface area contributed by atoms with Crippen LogP contribution < -0.4 is 4.74 Å². The van der Waals surface area contributed by atoms with E-state index in [1.165, 1.54) is 12.1 Å². The molecule has 0 spiro atoms. The summed E-state index contributed by atoms with van der Waals surface area (Å²) in [5.41, 5.74) is 0.0784. The predicted octanol–water partition coefficient (Wildman–Crippen LogP) is 2.92. The number of para-hydroxylation sites is 1. The molecule has 68 valence electrons. The zero-order valence-corrected chi connectivity index (χ0v) is 7.88. The third kappa shape index (κ3) is 2.39. The van der Waals surface area contributed by atoms with Crippen LogP contribution in [0.4, 0.5) is 8.78 Å². The second-order valence-corrected chi connectivity index (χ2v) is 2.96. The van der Waals surface area contributed by atoms with Gasteiger partial charge < -0.3 is 4.74 Å². The summed E-state index contributed by atoms with van der Waals surface area (Å²) in [4.78, 5) is 0. The van der Waals surface area contributed by atoms with Crippen LogP contribution in [0.5, 0.6) is 5.75 Å². The number of alkyl halides is 2. The summed E-state index contributed by atoms with van der Waals surface area (Å²) in [5, 5.41) is 8.56. The Hall–Kier alpha value is -1.15. The Morgan fingerprint density at radius 2 is 2.15 bits per heavy atom. The van der Waals surface area contributed by atoms with Crippen LogP contribution in [0.25, 0.3) is 0 Å². The van der Waals surface area contributed by atoms with Gasteiger partial charge in [0.1, 0.15) is 6.07 Å². The van der Waals surface area contributed by atoms with E-state index in [1.807, 2.05) is 0 Å². The van der Waals surface area contributed by atoms with Crippen molar-refractivity contribution in [2.24, 2.45) is 0 Å². The Morgan fingerprint density at radius 3 is 2.69 bits per heavy atom. The minimum absolute atomic E-state index is 0.0784. The number of rotatable bonds is 2. The van der Waals surface area contributed by atoms with Gasteiger partial charge >= 0.3 is 6.61 Å². The molecule has 0 N–H and O–H groups in total. The van der Waals surface area contributed by atoms with Crippen molar-refractivity contribution in [3.63, 3.8) is 0 Å². The molecule has 0 saturated carbocycles. The molecule has 0 radical (unpaired) electrons. The van der Waals surface area contributed by atoms with Crippen molar-refractivity contribution in [2.75, 3.05) is 0 Å². The highest BCUT2D eigenvalue weighted by Crippen LogP contribution is 2.29. The van der Waals surface area contributed by atoms with Crippen LogP contribution in [-0.4, -0.2) is 6.61 Å². The standard InChI is InChI=1S/C8H4BrF2NO/c9-6-3-1-2-5(4-12)7(6)13-8(10)11/h1-3,8H. The van der Waals surface area contributed by atoms with Crippen molar-refractivity contribution >= 4 is 15.9 Å². The van der Waals surface area contributed by atoms with Crippen molar-refractivity contribution < 1.29 is 13.5 Å². The number of hydrogen-bond donors (Lipinski definition) is 0. The Morgan fingerprint density at radius 1 is 1.46 bits per heavy atom. The molecule has 0 bridgehead atoms. The molecule has 0 fully saturated rings. The minimum Gasteiger partial charge on any atom is -0.432 e. The maximum absolute atomic E-state index is 11.9. The monoisotopic (exact) mass is 247 g/mol. The molecule has 2 nitrogen and oxygen atoms in total. The van der Waals surface area contributed by atoms with Crippen LogP contribution in [0.15, 0.2) is 22.7 Å². The number of hydrogen-bond acceptors (Lipinski definition) is 2. The van der Waals surface area contributed by atoms with Crippen LogP contribution >= 0.6 is 15.9 Å². The second-order valence-electron chi connectivity index (χ2n) is 2.11. The number of nitrogens with zero attached hydrogens (tertiary/aromatic N) is 1. The SMILES string of the molecule is N#Cc1cccc(Br)c1OC(F)F. The van der Waals surface area contributed by atoms with E-state index in [2.05, 4.69) is 20.7 Å². The number of benzene rings is 1. The van der Waals surface area contributed by atoms with E-state index in [9.17, 15) is 8.78 Å². The highest BCUT2D eigenvalue weighted by Gasteiger charge is 2.12. The molecule has 0 heterocycles. The fourth-order valence-corrected chi connectivity index (χ4v) is 1.27. The highest BCUT2D eigenvalue weighted by molar-refractivity contribution is 9.10. The van der Waals surface area contributed by atoms with Gasteiger partial charge in [-0.2, -0.15) is 14.0 Å². The second kappa shape index (κ2) is 4.19. The van der Waals surface area contributed by atoms with Gasteiger partial charge in [0.15, 0.2) is 5.75 Å². The topological polar surface area (TPSA) is 33.0 Å². The summed E-state index contributed by atoms with van der Waals surface area (Å²) in [6.07, 6.45) is 0. The van der Waals surface area contributed by atoms with Gasteiger partial charge in [-0.25, -0.2) is 0 Å². The van der Waals surface area contributed by atoms with E-state index in [4.69, 9.17) is 5.26 Å². The fraction of sp³-hybridized carbons (Fsp3) is 0.125. The first-order valence-electron chi connectivity index (χ1n) is 3.28. The lowest BCUT2D eigenvalue weighted by Crippen LogP contribution is -2.04. The van der Waals surface area contributed by atoms with Crippen molar-refractivity contribution in [1.82, 2.24) is 0 Å². The Balaban J connectivity index is 3.10.